The first-order chi connectivity index (χ1) is 17.1. The van der Waals surface area contributed by atoms with Gasteiger partial charge in [0.1, 0.15) is 12.6 Å². The number of nitrogens with one attached hydrogen (secondary N) is 1. The Labute approximate surface area is 217 Å². The molecule has 7 nitrogen and oxygen atoms in total. The summed E-state index contributed by atoms with van der Waals surface area (Å²) in [6.45, 7) is 1.44. The number of aryl methyl sites for hydroxylation is 1. The van der Waals surface area contributed by atoms with Crippen molar-refractivity contribution in [2.24, 2.45) is 0 Å². The van der Waals surface area contributed by atoms with Crippen molar-refractivity contribution in [2.75, 3.05) is 24.2 Å². The minimum atomic E-state index is -3.79. The highest BCUT2D eigenvalue weighted by Gasteiger charge is 2.32. The topological polar surface area (TPSA) is 86.8 Å². The summed E-state index contributed by atoms with van der Waals surface area (Å²) in [4.78, 5) is 28.3. The van der Waals surface area contributed by atoms with Gasteiger partial charge in [-0.3, -0.25) is 13.9 Å². The molecule has 9 heteroatoms. The zero-order valence-electron chi connectivity index (χ0n) is 20.5. The summed E-state index contributed by atoms with van der Waals surface area (Å²) in [6, 6.07) is 22.5. The van der Waals surface area contributed by atoms with Crippen LogP contribution in [-0.4, -0.2) is 51.0 Å². The summed E-state index contributed by atoms with van der Waals surface area (Å²) in [6.07, 6.45) is 1.33. The SMILES string of the molecule is CNC(=O)C(Cc1ccccc1)N(Cc1ccc(Cl)cc1)C(=O)CN(c1ccccc1C)S(C)(=O)=O. The Kier molecular flexibility index (Phi) is 9.12. The molecule has 0 aromatic heterocycles. The number of nitrogens with zero attached hydrogens (tertiary/aromatic N) is 2. The van der Waals surface area contributed by atoms with Crippen LogP contribution < -0.4 is 9.62 Å². The molecule has 3 rings (SSSR count). The maximum absolute atomic E-state index is 13.8. The molecule has 0 spiro atoms. The van der Waals surface area contributed by atoms with Gasteiger partial charge in [0.25, 0.3) is 0 Å². The van der Waals surface area contributed by atoms with E-state index >= 15 is 0 Å². The van der Waals surface area contributed by atoms with Gasteiger partial charge in [-0.1, -0.05) is 72.3 Å². The van der Waals surface area contributed by atoms with Crippen LogP contribution in [0, 0.1) is 6.92 Å². The van der Waals surface area contributed by atoms with Crippen LogP contribution in [0.4, 0.5) is 5.69 Å². The van der Waals surface area contributed by atoms with Crippen molar-refractivity contribution in [3.63, 3.8) is 0 Å². The Bertz CT molecular complexity index is 1300. The molecule has 3 aromatic carbocycles. The first kappa shape index (κ1) is 27.2. The van der Waals surface area contributed by atoms with E-state index in [0.29, 0.717) is 16.3 Å². The fourth-order valence-electron chi connectivity index (χ4n) is 3.95. The lowest BCUT2D eigenvalue weighted by Crippen LogP contribution is -2.53. The maximum atomic E-state index is 13.8. The first-order valence-corrected chi connectivity index (χ1v) is 13.7. The number of hydrogen-bond acceptors (Lipinski definition) is 4. The van der Waals surface area contributed by atoms with Gasteiger partial charge in [-0.25, -0.2) is 8.42 Å². The van der Waals surface area contributed by atoms with Crippen molar-refractivity contribution >= 4 is 39.1 Å². The number of para-hydroxylation sites is 1. The average Bonchev–Trinajstić information content (AvgIpc) is 2.85. The second kappa shape index (κ2) is 12.1. The molecule has 0 heterocycles. The third kappa shape index (κ3) is 7.08. The fourth-order valence-corrected chi connectivity index (χ4v) is 4.98. The highest BCUT2D eigenvalue weighted by Crippen LogP contribution is 2.23. The van der Waals surface area contributed by atoms with Crippen LogP contribution in [0.1, 0.15) is 16.7 Å². The predicted octanol–water partition coefficient (Wildman–Crippen LogP) is 3.80. The van der Waals surface area contributed by atoms with Gasteiger partial charge in [-0.2, -0.15) is 0 Å². The van der Waals surface area contributed by atoms with Gasteiger partial charge in [-0.15, -0.1) is 0 Å². The number of likely N-dealkylation sites (N-methyl/N-ethyl adjacent to an activating group) is 1. The van der Waals surface area contributed by atoms with E-state index in [4.69, 9.17) is 11.6 Å². The van der Waals surface area contributed by atoms with Crippen LogP contribution in [0.25, 0.3) is 0 Å². The predicted molar refractivity (Wildman–Crippen MR) is 143 cm³/mol. The maximum Gasteiger partial charge on any atom is 0.244 e. The lowest BCUT2D eigenvalue weighted by atomic mass is 10.0. The van der Waals surface area contributed by atoms with Crippen LogP contribution in [0.15, 0.2) is 78.9 Å². The number of halogens is 1. The third-order valence-electron chi connectivity index (χ3n) is 5.85. The molecule has 1 unspecified atom stereocenters. The summed E-state index contributed by atoms with van der Waals surface area (Å²) < 4.78 is 26.6. The van der Waals surface area contributed by atoms with Crippen molar-refractivity contribution in [1.82, 2.24) is 10.2 Å². The van der Waals surface area contributed by atoms with Crippen LogP contribution >= 0.6 is 11.6 Å². The number of hydrogen-bond donors (Lipinski definition) is 1. The van der Waals surface area contributed by atoms with Crippen molar-refractivity contribution < 1.29 is 18.0 Å². The van der Waals surface area contributed by atoms with E-state index < -0.39 is 28.5 Å². The molecule has 0 aliphatic heterocycles. The van der Waals surface area contributed by atoms with Gasteiger partial charge in [0.15, 0.2) is 0 Å². The molecule has 0 bridgehead atoms. The first-order valence-electron chi connectivity index (χ1n) is 11.4. The molecule has 2 amide bonds. The minimum Gasteiger partial charge on any atom is -0.357 e. The Morgan fingerprint density at radius 1 is 0.917 bits per heavy atom. The van der Waals surface area contributed by atoms with Crippen molar-refractivity contribution in [3.05, 3.63) is 101 Å². The second-order valence-corrected chi connectivity index (χ2v) is 10.9. The van der Waals surface area contributed by atoms with Crippen LogP contribution in [0.3, 0.4) is 0 Å². The molecule has 190 valence electrons. The Morgan fingerprint density at radius 2 is 1.53 bits per heavy atom. The summed E-state index contributed by atoms with van der Waals surface area (Å²) in [5.74, 6) is -0.842. The number of rotatable bonds is 10. The molecule has 0 aliphatic rings. The molecular formula is C27H30ClN3O4S. The Balaban J connectivity index is 2.03. The number of amides is 2. The van der Waals surface area contributed by atoms with E-state index in [0.717, 1.165) is 21.7 Å². The summed E-state index contributed by atoms with van der Waals surface area (Å²) >= 11 is 6.04. The van der Waals surface area contributed by atoms with Gasteiger partial charge >= 0.3 is 0 Å². The van der Waals surface area contributed by atoms with E-state index in [2.05, 4.69) is 5.32 Å². The molecule has 0 saturated carbocycles. The smallest absolute Gasteiger partial charge is 0.244 e. The molecule has 1 N–H and O–H groups in total. The largest absolute Gasteiger partial charge is 0.357 e. The standard InChI is InChI=1S/C27H30ClN3O4S/c1-20-9-7-8-12-24(20)31(36(3,34)35)19-26(32)30(18-22-13-15-23(28)16-14-22)25(27(33)29-2)17-21-10-5-4-6-11-21/h4-16,25H,17-19H2,1-3H3,(H,29,33). The molecule has 3 aromatic rings. The number of carbonyl (C=O) groups is 2. The fraction of sp³-hybridized carbons (Fsp3) is 0.259. The van der Waals surface area contributed by atoms with E-state index in [1.54, 1.807) is 55.5 Å². The lowest BCUT2D eigenvalue weighted by molar-refractivity contribution is -0.139. The minimum absolute atomic E-state index is 0.103. The third-order valence-corrected chi connectivity index (χ3v) is 7.23. The van der Waals surface area contributed by atoms with Gasteiger partial charge < -0.3 is 10.2 Å². The molecule has 0 radical (unpaired) electrons. The number of carbonyl (C=O) groups excluding carboxylic acids is 2. The zero-order valence-corrected chi connectivity index (χ0v) is 22.1. The molecule has 0 saturated heterocycles. The molecular weight excluding hydrogens is 498 g/mol. The molecule has 36 heavy (non-hydrogen) atoms. The van der Waals surface area contributed by atoms with E-state index in [1.165, 1.54) is 11.9 Å². The highest BCUT2D eigenvalue weighted by molar-refractivity contribution is 7.92. The van der Waals surface area contributed by atoms with Gasteiger partial charge in [0, 0.05) is 25.0 Å². The van der Waals surface area contributed by atoms with Crippen molar-refractivity contribution in [1.29, 1.82) is 0 Å². The van der Waals surface area contributed by atoms with Gasteiger partial charge in [0.2, 0.25) is 21.8 Å². The van der Waals surface area contributed by atoms with Crippen LogP contribution in [-0.2, 0) is 32.6 Å². The van der Waals surface area contributed by atoms with E-state index in [-0.39, 0.29) is 18.9 Å². The quantitative estimate of drug-likeness (QED) is 0.434. The van der Waals surface area contributed by atoms with Gasteiger partial charge in [-0.05, 0) is 41.8 Å². The number of sulfonamides is 1. The van der Waals surface area contributed by atoms with Crippen molar-refractivity contribution in [3.8, 4) is 0 Å². The molecule has 1 atom stereocenters. The number of benzene rings is 3. The van der Waals surface area contributed by atoms with Crippen molar-refractivity contribution in [2.45, 2.75) is 25.9 Å². The summed E-state index contributed by atoms with van der Waals surface area (Å²) in [7, 11) is -2.27. The second-order valence-electron chi connectivity index (χ2n) is 8.52. The summed E-state index contributed by atoms with van der Waals surface area (Å²) in [5.41, 5.74) is 2.77. The van der Waals surface area contributed by atoms with Crippen LogP contribution in [0.2, 0.25) is 5.02 Å². The van der Waals surface area contributed by atoms with Gasteiger partial charge in [0.05, 0.1) is 11.9 Å². The lowest BCUT2D eigenvalue weighted by Gasteiger charge is -2.33. The Hall–Kier alpha value is -3.36. The monoisotopic (exact) mass is 527 g/mol. The van der Waals surface area contributed by atoms with Crippen LogP contribution in [0.5, 0.6) is 0 Å². The average molecular weight is 528 g/mol. The normalized spacial score (nSPS) is 12.0. The molecule has 0 fully saturated rings. The summed E-state index contributed by atoms with van der Waals surface area (Å²) in [5, 5.41) is 3.20. The van der Waals surface area contributed by atoms with E-state index in [9.17, 15) is 18.0 Å². The number of anilines is 1. The Morgan fingerprint density at radius 3 is 2.11 bits per heavy atom. The van der Waals surface area contributed by atoms with E-state index in [1.807, 2.05) is 30.3 Å². The molecule has 0 aliphatic carbocycles. The zero-order chi connectivity index (χ0) is 26.3. The highest BCUT2D eigenvalue weighted by atomic mass is 35.5.